The van der Waals surface area contributed by atoms with Crippen LogP contribution in [0.15, 0.2) is 126 Å². The number of carbonyl (C=O) groups is 4. The van der Waals surface area contributed by atoms with Crippen molar-refractivity contribution in [2.75, 3.05) is 23.3 Å². The fraction of sp³-hybridized carbons (Fsp3) is 0.392. The number of aromatic nitrogens is 5. The zero-order chi connectivity index (χ0) is 66.7. The third-order valence-electron chi connectivity index (χ3n) is 18.5. The maximum atomic E-state index is 14.7. The Morgan fingerprint density at radius 3 is 2.27 bits per heavy atom. The van der Waals surface area contributed by atoms with Gasteiger partial charge in [0.1, 0.15) is 34.8 Å². The molecule has 0 spiro atoms. The van der Waals surface area contributed by atoms with E-state index in [4.69, 9.17) is 4.74 Å². The van der Waals surface area contributed by atoms with Gasteiger partial charge in [0, 0.05) is 102 Å². The fourth-order valence-electron chi connectivity index (χ4n) is 13.0. The summed E-state index contributed by atoms with van der Waals surface area (Å²) in [5.41, 5.74) is 15.2. The summed E-state index contributed by atoms with van der Waals surface area (Å²) in [7, 11) is 0. The number of ether oxygens (including phenoxy) is 1. The van der Waals surface area contributed by atoms with Crippen molar-refractivity contribution in [2.45, 2.75) is 165 Å². The van der Waals surface area contributed by atoms with Crippen molar-refractivity contribution in [3.05, 3.63) is 204 Å². The summed E-state index contributed by atoms with van der Waals surface area (Å²) in [4.78, 5) is 77.2. The third-order valence-corrected chi connectivity index (χ3v) is 19.3. The van der Waals surface area contributed by atoms with Crippen molar-refractivity contribution in [1.29, 1.82) is 0 Å². The van der Waals surface area contributed by atoms with Crippen LogP contribution in [0.2, 0.25) is 0 Å². The molecule has 4 unspecified atom stereocenters. The highest BCUT2D eigenvalue weighted by Crippen LogP contribution is 2.47. The van der Waals surface area contributed by atoms with Crippen LogP contribution >= 0.6 is 11.3 Å². The number of allylic oxidation sites excluding steroid dienone is 1. The maximum Gasteiger partial charge on any atom is 0.275 e. The number of halogens is 2. The molecular formula is C74H85F2N9O7S. The molecule has 0 radical (unpaired) electrons. The summed E-state index contributed by atoms with van der Waals surface area (Å²) in [5.74, 6) is -1.56. The lowest BCUT2D eigenvalue weighted by molar-refractivity contribution is -0.131. The van der Waals surface area contributed by atoms with Crippen LogP contribution in [0.1, 0.15) is 158 Å². The Kier molecular flexibility index (Phi) is 20.5. The topological polar surface area (TPSA) is 186 Å². The molecule has 19 heteroatoms. The summed E-state index contributed by atoms with van der Waals surface area (Å²) < 4.78 is 40.3. The van der Waals surface area contributed by atoms with E-state index in [-0.39, 0.29) is 77.3 Å². The number of ketones is 2. The molecule has 488 valence electrons. The van der Waals surface area contributed by atoms with Crippen molar-refractivity contribution in [3.8, 4) is 22.6 Å². The zero-order valence-corrected chi connectivity index (χ0v) is 56.1. The molecule has 4 aliphatic heterocycles. The molecule has 3 N–H and O–H groups in total. The Bertz CT molecular complexity index is 4230. The van der Waals surface area contributed by atoms with Crippen molar-refractivity contribution in [1.82, 2.24) is 33.9 Å². The number of fused-ring (bicyclic) bond motifs is 4. The van der Waals surface area contributed by atoms with Gasteiger partial charge in [0.05, 0.1) is 48.3 Å². The predicted molar refractivity (Wildman–Crippen MR) is 362 cm³/mol. The van der Waals surface area contributed by atoms with Crippen LogP contribution < -0.4 is 21.1 Å². The van der Waals surface area contributed by atoms with Crippen LogP contribution in [0.25, 0.3) is 22.6 Å². The molecular weight excluding hydrogens is 1200 g/mol. The summed E-state index contributed by atoms with van der Waals surface area (Å²) in [5, 5.41) is 18.7. The average molecular weight is 1280 g/mol. The van der Waals surface area contributed by atoms with E-state index in [0.717, 1.165) is 106 Å². The molecule has 0 saturated carbocycles. The van der Waals surface area contributed by atoms with Gasteiger partial charge in [0.25, 0.3) is 11.5 Å². The highest BCUT2D eigenvalue weighted by molar-refractivity contribution is 7.14. The SMILES string of the molecule is CCCC(=O)C[C@@H](C)C(=O)NC1C(=O)C=C2N(CCC2(C)C)c2cc(CO)ccc21.CCc1cc(Nc2nc(-c3ccc(-n4ccc(C)c4)c(F)c3)cs2)c(C)cc1C.Cc1cn(-c2ccc3n(c2=O)CCN(C(C)C2CCC(c4cc(F)c(C)cc4C)O2)C3=O)cn1. The first-order valence-corrected chi connectivity index (χ1v) is 33.1. The number of hydrogen-bond acceptors (Lipinski definition) is 12. The van der Waals surface area contributed by atoms with Crippen LogP contribution in [0.5, 0.6) is 0 Å². The summed E-state index contributed by atoms with van der Waals surface area (Å²) in [6.45, 7) is 25.4. The number of Topliss-reactive ketones (excluding diaryl/α,β-unsaturated/α-hetero) is 1. The second kappa shape index (κ2) is 28.3. The number of carbonyl (C=O) groups excluding carboxylic acids is 4. The van der Waals surface area contributed by atoms with Gasteiger partial charge in [-0.25, -0.2) is 18.7 Å². The monoisotopic (exact) mass is 1280 g/mol. The Labute approximate surface area is 547 Å². The lowest BCUT2D eigenvalue weighted by atomic mass is 9.88. The number of nitrogens with zero attached hydrogens (tertiary/aromatic N) is 7. The molecule has 2 fully saturated rings. The van der Waals surface area contributed by atoms with E-state index < -0.39 is 12.0 Å². The highest BCUT2D eigenvalue weighted by Gasteiger charge is 2.42. The molecule has 8 aromatic rings. The van der Waals surface area contributed by atoms with E-state index in [0.29, 0.717) is 42.1 Å². The van der Waals surface area contributed by atoms with Gasteiger partial charge in [-0.05, 0) is 174 Å². The van der Waals surface area contributed by atoms with Gasteiger partial charge in [-0.2, -0.15) is 0 Å². The number of thiazole rings is 1. The Balaban J connectivity index is 0.000000153. The third kappa shape index (κ3) is 14.6. The first-order valence-electron chi connectivity index (χ1n) is 32.2. The molecule has 16 nitrogen and oxygen atoms in total. The number of imidazole rings is 1. The number of anilines is 3. The van der Waals surface area contributed by atoms with Crippen molar-refractivity contribution in [2.24, 2.45) is 11.3 Å². The minimum Gasteiger partial charge on any atom is -0.392 e. The quantitative estimate of drug-likeness (QED) is 0.0836. The molecule has 5 atom stereocenters. The summed E-state index contributed by atoms with van der Waals surface area (Å²) in [6, 6.07) is 23.0. The van der Waals surface area contributed by atoms with Gasteiger partial charge >= 0.3 is 0 Å². The Morgan fingerprint density at radius 2 is 1.57 bits per heavy atom. The molecule has 2 saturated heterocycles. The fourth-order valence-corrected chi connectivity index (χ4v) is 13.8. The van der Waals surface area contributed by atoms with Gasteiger partial charge < -0.3 is 44.0 Å². The van der Waals surface area contributed by atoms with Crippen LogP contribution in [0.3, 0.4) is 0 Å². The number of aliphatic hydroxyl groups excluding tert-OH is 1. The highest BCUT2D eigenvalue weighted by atomic mass is 32.1. The largest absolute Gasteiger partial charge is 0.392 e. The lowest BCUT2D eigenvalue weighted by Gasteiger charge is -2.37. The lowest BCUT2D eigenvalue weighted by Crippen LogP contribution is -2.52. The number of amides is 2. The standard InChI is InChI=1S/C26H29FN4O3.C24H24FN3S.C24H32N2O4/c1-15-11-16(2)20(27)12-19(15)24-8-7-23(34-24)18(4)30-9-10-31-22(26(30)33)6-5-21(25(31)32)29-13-17(3)28-14-29;1-5-18-12-21(17(4)10-16(18)3)26-24-27-22(14-29-24)19-6-7-23(20(25)11-19)28-9-8-15(2)13-28;1-5-6-17(28)11-15(2)23(30)25-22-18-8-7-16(14-27)12-19(18)26-10-9-24(3,4)21(26)13-20(22)29/h5-6,11-14,18,23-24H,7-10H2,1-4H3;6-14H,5H2,1-4H3,(H,26,27);7-8,12-13,15,22,27H,5-6,9-11,14H2,1-4H3,(H,25,30)/t;;15-,22?/m..1/s1. The predicted octanol–water partition coefficient (Wildman–Crippen LogP) is 14.3. The molecule has 2 amide bonds. The number of pyridine rings is 1. The first-order chi connectivity index (χ1) is 44.4. The van der Waals surface area contributed by atoms with E-state index in [9.17, 15) is 37.9 Å². The van der Waals surface area contributed by atoms with Gasteiger partial charge in [-0.3, -0.25) is 24.0 Å². The Morgan fingerprint density at radius 1 is 0.806 bits per heavy atom. The van der Waals surface area contributed by atoms with Gasteiger partial charge in [-0.15, -0.1) is 11.3 Å². The van der Waals surface area contributed by atoms with E-state index in [1.54, 1.807) is 87.4 Å². The number of nitrogens with one attached hydrogen (secondary N) is 2. The number of hydrogen-bond donors (Lipinski definition) is 3. The number of aliphatic hydroxyl groups is 1. The van der Waals surface area contributed by atoms with Gasteiger partial charge in [0.15, 0.2) is 10.9 Å². The molecule has 4 aromatic heterocycles. The smallest absolute Gasteiger partial charge is 0.275 e. The number of rotatable bonds is 16. The zero-order valence-electron chi connectivity index (χ0n) is 55.3. The summed E-state index contributed by atoms with van der Waals surface area (Å²) >= 11 is 1.53. The van der Waals surface area contributed by atoms with Crippen LogP contribution in [0.4, 0.5) is 25.3 Å². The number of aryl methyl sites for hydroxylation is 7. The van der Waals surface area contributed by atoms with E-state index in [1.165, 1.54) is 28.0 Å². The Hall–Kier alpha value is -8.65. The first kappa shape index (κ1) is 67.2. The van der Waals surface area contributed by atoms with Crippen LogP contribution in [0, 0.1) is 64.5 Å². The van der Waals surface area contributed by atoms with Crippen LogP contribution in [-0.4, -0.2) is 82.3 Å². The van der Waals surface area contributed by atoms with E-state index >= 15 is 0 Å². The molecule has 8 heterocycles. The number of benzene rings is 4. The maximum absolute atomic E-state index is 14.7. The van der Waals surface area contributed by atoms with Gasteiger partial charge in [-0.1, -0.05) is 65.0 Å². The van der Waals surface area contributed by atoms with Crippen molar-refractivity contribution < 1.29 is 37.8 Å². The molecule has 93 heavy (non-hydrogen) atoms. The van der Waals surface area contributed by atoms with Crippen molar-refractivity contribution >= 4 is 51.2 Å². The van der Waals surface area contributed by atoms with Crippen molar-refractivity contribution in [3.63, 3.8) is 0 Å². The molecule has 4 aromatic carbocycles. The normalized spacial score (nSPS) is 17.8. The second-order valence-electron chi connectivity index (χ2n) is 25.9. The van der Waals surface area contributed by atoms with Crippen LogP contribution in [-0.2, 0) is 38.7 Å². The minimum absolute atomic E-state index is 0.0600. The second-order valence-corrected chi connectivity index (χ2v) is 26.8. The molecule has 4 aliphatic rings. The van der Waals surface area contributed by atoms with E-state index in [2.05, 4.69) is 72.3 Å². The van der Waals surface area contributed by atoms with Gasteiger partial charge in [0.2, 0.25) is 5.91 Å². The molecule has 12 rings (SSSR count). The van der Waals surface area contributed by atoms with E-state index in [1.807, 2.05) is 82.7 Å². The molecule has 0 bridgehead atoms. The average Bonchev–Trinajstić information content (AvgIpc) is 1.69. The minimum atomic E-state index is -0.808. The summed E-state index contributed by atoms with van der Waals surface area (Å²) in [6.07, 6.45) is 13.4. The molecule has 0 aliphatic carbocycles.